The molecule has 5 nitrogen and oxygen atoms in total. The molecular weight excluding hydrogens is 286 g/mol. The molecule has 0 aliphatic carbocycles. The van der Waals surface area contributed by atoms with Gasteiger partial charge in [0, 0.05) is 12.2 Å². The Morgan fingerprint density at radius 2 is 1.67 bits per heavy atom. The van der Waals surface area contributed by atoms with Crippen LogP contribution in [-0.4, -0.2) is 15.0 Å². The Kier molecular flexibility index (Phi) is 4.20. The Bertz CT molecular complexity index is 757. The first kappa shape index (κ1) is 15.3. The van der Waals surface area contributed by atoms with E-state index in [-0.39, 0.29) is 10.6 Å². The third-order valence-corrected chi connectivity index (χ3v) is 4.33. The monoisotopic (exact) mass is 305 g/mol. The van der Waals surface area contributed by atoms with Gasteiger partial charge >= 0.3 is 0 Å². The average Bonchev–Trinajstić information content (AvgIpc) is 2.42. The second kappa shape index (κ2) is 5.75. The molecule has 0 heterocycles. The molecule has 0 spiro atoms. The lowest BCUT2D eigenvalue weighted by molar-refractivity contribution is 0.598. The quantitative estimate of drug-likeness (QED) is 0.849. The first-order valence-corrected chi connectivity index (χ1v) is 8.15. The molecule has 0 aromatic heterocycles. The van der Waals surface area contributed by atoms with Gasteiger partial charge in [0.1, 0.15) is 4.90 Å². The van der Waals surface area contributed by atoms with Gasteiger partial charge in [0.15, 0.2) is 0 Å². The highest BCUT2D eigenvalue weighted by Crippen LogP contribution is 2.35. The highest BCUT2D eigenvalue weighted by atomic mass is 32.2. The van der Waals surface area contributed by atoms with Crippen LogP contribution in [-0.2, 0) is 10.0 Å². The summed E-state index contributed by atoms with van der Waals surface area (Å²) in [4.78, 5) is 1.92. The molecule has 2 aromatic rings. The van der Waals surface area contributed by atoms with E-state index in [4.69, 9.17) is 10.9 Å². The largest absolute Gasteiger partial charge is 0.396 e. The van der Waals surface area contributed by atoms with E-state index in [0.29, 0.717) is 12.2 Å². The normalized spacial score (nSPS) is 11.4. The zero-order valence-corrected chi connectivity index (χ0v) is 12.9. The molecule has 0 aliphatic heterocycles. The van der Waals surface area contributed by atoms with Crippen molar-refractivity contribution in [3.8, 4) is 0 Å². The van der Waals surface area contributed by atoms with Crippen molar-refractivity contribution in [2.75, 3.05) is 17.2 Å². The zero-order valence-electron chi connectivity index (χ0n) is 12.1. The number of sulfonamides is 1. The molecular formula is C15H19N3O2S. The summed E-state index contributed by atoms with van der Waals surface area (Å²) >= 11 is 0. The highest BCUT2D eigenvalue weighted by molar-refractivity contribution is 7.89. The van der Waals surface area contributed by atoms with E-state index < -0.39 is 10.0 Å². The summed E-state index contributed by atoms with van der Waals surface area (Å²) in [7, 11) is -3.84. The number of anilines is 3. The Morgan fingerprint density at radius 1 is 1.05 bits per heavy atom. The SMILES string of the molecule is CCN(c1ccccc1C)c1cccc(S(N)(=O)=O)c1N. The first-order valence-electron chi connectivity index (χ1n) is 6.60. The van der Waals surface area contributed by atoms with E-state index in [9.17, 15) is 8.42 Å². The minimum absolute atomic E-state index is 0.0490. The molecule has 21 heavy (non-hydrogen) atoms. The lowest BCUT2D eigenvalue weighted by Gasteiger charge is -2.27. The van der Waals surface area contributed by atoms with Gasteiger partial charge in [-0.1, -0.05) is 24.3 Å². The van der Waals surface area contributed by atoms with E-state index in [1.54, 1.807) is 12.1 Å². The van der Waals surface area contributed by atoms with E-state index >= 15 is 0 Å². The van der Waals surface area contributed by atoms with Crippen molar-refractivity contribution in [2.45, 2.75) is 18.7 Å². The summed E-state index contributed by atoms with van der Waals surface area (Å²) in [5, 5.41) is 5.21. The Morgan fingerprint density at radius 3 is 2.24 bits per heavy atom. The molecule has 6 heteroatoms. The second-order valence-corrected chi connectivity index (χ2v) is 6.29. The van der Waals surface area contributed by atoms with Crippen LogP contribution in [0.4, 0.5) is 17.1 Å². The summed E-state index contributed by atoms with van der Waals surface area (Å²) in [5.74, 6) is 0. The third kappa shape index (κ3) is 3.01. The van der Waals surface area contributed by atoms with Gasteiger partial charge in [-0.05, 0) is 37.6 Å². The van der Waals surface area contributed by atoms with Crippen molar-refractivity contribution in [1.29, 1.82) is 0 Å². The number of primary sulfonamides is 1. The van der Waals surface area contributed by atoms with Crippen LogP contribution in [0.2, 0.25) is 0 Å². The molecule has 2 rings (SSSR count). The highest BCUT2D eigenvalue weighted by Gasteiger charge is 2.19. The maximum atomic E-state index is 11.6. The van der Waals surface area contributed by atoms with Crippen LogP contribution in [0.5, 0.6) is 0 Å². The maximum Gasteiger partial charge on any atom is 0.240 e. The number of nitrogens with two attached hydrogens (primary N) is 2. The fourth-order valence-electron chi connectivity index (χ4n) is 2.35. The molecule has 0 amide bonds. The van der Waals surface area contributed by atoms with Crippen LogP contribution in [0, 0.1) is 6.92 Å². The molecule has 0 aliphatic rings. The topological polar surface area (TPSA) is 89.4 Å². The van der Waals surface area contributed by atoms with Crippen molar-refractivity contribution in [3.05, 3.63) is 48.0 Å². The van der Waals surface area contributed by atoms with Gasteiger partial charge in [-0.3, -0.25) is 0 Å². The number of para-hydroxylation sites is 2. The minimum atomic E-state index is -3.84. The average molecular weight is 305 g/mol. The van der Waals surface area contributed by atoms with Gasteiger partial charge in [-0.15, -0.1) is 0 Å². The molecule has 0 bridgehead atoms. The standard InChI is InChI=1S/C15H19N3O2S/c1-3-18(12-8-5-4-7-11(12)2)13-9-6-10-14(15(13)16)21(17,19)20/h4-10H,3,16H2,1-2H3,(H2,17,19,20). The molecule has 112 valence electrons. The Labute approximate surface area is 125 Å². The van der Waals surface area contributed by atoms with Crippen molar-refractivity contribution in [1.82, 2.24) is 0 Å². The molecule has 4 N–H and O–H groups in total. The van der Waals surface area contributed by atoms with Gasteiger partial charge in [0.25, 0.3) is 0 Å². The van der Waals surface area contributed by atoms with Crippen LogP contribution >= 0.6 is 0 Å². The molecule has 0 fully saturated rings. The summed E-state index contributed by atoms with van der Waals surface area (Å²) in [6.07, 6.45) is 0. The van der Waals surface area contributed by atoms with Crippen LogP contribution in [0.25, 0.3) is 0 Å². The van der Waals surface area contributed by atoms with Crippen molar-refractivity contribution in [3.63, 3.8) is 0 Å². The smallest absolute Gasteiger partial charge is 0.240 e. The van der Waals surface area contributed by atoms with Crippen LogP contribution < -0.4 is 15.8 Å². The minimum Gasteiger partial charge on any atom is -0.396 e. The molecule has 0 saturated heterocycles. The fourth-order valence-corrected chi connectivity index (χ4v) is 3.03. The number of hydrogen-bond acceptors (Lipinski definition) is 4. The van der Waals surface area contributed by atoms with E-state index in [0.717, 1.165) is 11.3 Å². The first-order chi connectivity index (χ1) is 9.86. The van der Waals surface area contributed by atoms with Gasteiger partial charge in [0.2, 0.25) is 10.0 Å². The third-order valence-electron chi connectivity index (χ3n) is 3.36. The summed E-state index contributed by atoms with van der Waals surface area (Å²) in [5.41, 5.74) is 8.91. The van der Waals surface area contributed by atoms with E-state index in [1.807, 2.05) is 43.0 Å². The molecule has 2 aromatic carbocycles. The number of rotatable bonds is 4. The van der Waals surface area contributed by atoms with Gasteiger partial charge in [-0.2, -0.15) is 0 Å². The number of nitrogen functional groups attached to an aromatic ring is 1. The van der Waals surface area contributed by atoms with Crippen LogP contribution in [0.3, 0.4) is 0 Å². The van der Waals surface area contributed by atoms with Crippen molar-refractivity contribution < 1.29 is 8.42 Å². The van der Waals surface area contributed by atoms with Gasteiger partial charge in [0.05, 0.1) is 11.4 Å². The van der Waals surface area contributed by atoms with Crippen molar-refractivity contribution >= 4 is 27.1 Å². The molecule has 0 radical (unpaired) electrons. The van der Waals surface area contributed by atoms with Gasteiger partial charge in [-0.25, -0.2) is 13.6 Å². The second-order valence-electron chi connectivity index (χ2n) is 4.76. The zero-order chi connectivity index (χ0) is 15.6. The summed E-state index contributed by atoms with van der Waals surface area (Å²) in [6.45, 7) is 4.64. The van der Waals surface area contributed by atoms with E-state index in [2.05, 4.69) is 0 Å². The fraction of sp³-hybridized carbons (Fsp3) is 0.200. The van der Waals surface area contributed by atoms with Crippen molar-refractivity contribution in [2.24, 2.45) is 5.14 Å². The number of nitrogens with zero attached hydrogens (tertiary/aromatic N) is 1. The van der Waals surface area contributed by atoms with Gasteiger partial charge < -0.3 is 10.6 Å². The summed E-state index contributed by atoms with van der Waals surface area (Å²) in [6, 6.07) is 12.7. The van der Waals surface area contributed by atoms with Crippen LogP contribution in [0.1, 0.15) is 12.5 Å². The lowest BCUT2D eigenvalue weighted by atomic mass is 10.1. The maximum absolute atomic E-state index is 11.6. The number of benzene rings is 2. The Balaban J connectivity index is 2.62. The van der Waals surface area contributed by atoms with E-state index in [1.165, 1.54) is 6.07 Å². The molecule has 0 atom stereocenters. The number of hydrogen-bond donors (Lipinski definition) is 2. The number of aryl methyl sites for hydroxylation is 1. The summed E-state index contributed by atoms with van der Waals surface area (Å²) < 4.78 is 23.2. The molecule has 0 saturated carbocycles. The lowest BCUT2D eigenvalue weighted by Crippen LogP contribution is -2.21. The predicted molar refractivity (Wildman–Crippen MR) is 86.1 cm³/mol. The molecule has 0 unspecified atom stereocenters. The predicted octanol–water partition coefficient (Wildman–Crippen LogP) is 2.38. The Hall–Kier alpha value is -2.05. The van der Waals surface area contributed by atoms with Crippen LogP contribution in [0.15, 0.2) is 47.4 Å².